The standard InChI is InChI=1S/C22H29NOS.2C2H6/c1-5-8-9-10-11-17(6-2)18-12-13-20-22(14-18)25-21(16(4)23-20)15-19(24)7-3;2*1-2/h7,12-15,17H,3,5-6,8-11H2,1-2,4H3;2*1-2H3/b21-15+;;. The van der Waals surface area contributed by atoms with E-state index in [9.17, 15) is 4.79 Å². The number of ketones is 1. The maximum atomic E-state index is 11.7. The summed E-state index contributed by atoms with van der Waals surface area (Å²) in [6.45, 7) is 18.0. The molecule has 2 nitrogen and oxygen atoms in total. The fourth-order valence-electron chi connectivity index (χ4n) is 3.13. The number of carbonyl (C=O) groups is 1. The van der Waals surface area contributed by atoms with Crippen LogP contribution in [0.1, 0.15) is 98.5 Å². The van der Waals surface area contributed by atoms with Crippen LogP contribution in [-0.4, -0.2) is 11.5 Å². The Kier molecular flexibility index (Phi) is 15.3. The second-order valence-electron chi connectivity index (χ2n) is 6.60. The van der Waals surface area contributed by atoms with Gasteiger partial charge in [0.2, 0.25) is 0 Å². The summed E-state index contributed by atoms with van der Waals surface area (Å²) in [5.74, 6) is 0.538. The van der Waals surface area contributed by atoms with E-state index in [1.165, 1.54) is 43.7 Å². The molecule has 1 aliphatic heterocycles. The number of benzene rings is 1. The number of thioether (sulfide) groups is 1. The lowest BCUT2D eigenvalue weighted by Gasteiger charge is -2.20. The Labute approximate surface area is 184 Å². The predicted octanol–water partition coefficient (Wildman–Crippen LogP) is 9.04. The molecule has 0 fully saturated rings. The second kappa shape index (κ2) is 16.2. The SMILES string of the molecule is C=CC(=O)/C=C1/Sc2cc(C(CC)CCCCCC)ccc2N=C1C.CC.CC. The fraction of sp³-hybridized carbons (Fsp3) is 0.538. The van der Waals surface area contributed by atoms with Crippen LogP contribution in [0.15, 0.2) is 51.7 Å². The monoisotopic (exact) mass is 415 g/mol. The van der Waals surface area contributed by atoms with E-state index in [-0.39, 0.29) is 5.78 Å². The first kappa shape index (κ1) is 27.4. The van der Waals surface area contributed by atoms with Crippen LogP contribution in [0, 0.1) is 0 Å². The van der Waals surface area contributed by atoms with Crippen molar-refractivity contribution >= 4 is 28.9 Å². The van der Waals surface area contributed by atoms with E-state index in [1.54, 1.807) is 17.8 Å². The third kappa shape index (κ3) is 9.16. The predicted molar refractivity (Wildman–Crippen MR) is 133 cm³/mol. The number of rotatable bonds is 9. The molecular formula is C26H41NOS. The first-order valence-electron chi connectivity index (χ1n) is 11.3. The molecule has 0 saturated carbocycles. The molecule has 1 aliphatic rings. The molecule has 3 heteroatoms. The van der Waals surface area contributed by atoms with Crippen LogP contribution in [0.4, 0.5) is 5.69 Å². The third-order valence-corrected chi connectivity index (χ3v) is 5.87. The van der Waals surface area contributed by atoms with Gasteiger partial charge in [-0.3, -0.25) is 9.79 Å². The van der Waals surface area contributed by atoms with Crippen LogP contribution in [0.25, 0.3) is 0 Å². The maximum absolute atomic E-state index is 11.7. The summed E-state index contributed by atoms with van der Waals surface area (Å²) in [7, 11) is 0. The number of unbranched alkanes of at least 4 members (excludes halogenated alkanes) is 3. The van der Waals surface area contributed by atoms with Gasteiger partial charge in [0.25, 0.3) is 0 Å². The molecule has 0 saturated heterocycles. The molecule has 29 heavy (non-hydrogen) atoms. The number of hydrogen-bond acceptors (Lipinski definition) is 3. The first-order valence-corrected chi connectivity index (χ1v) is 12.2. The van der Waals surface area contributed by atoms with Crippen LogP contribution in [-0.2, 0) is 4.79 Å². The van der Waals surface area contributed by atoms with E-state index < -0.39 is 0 Å². The van der Waals surface area contributed by atoms with Gasteiger partial charge in [-0.2, -0.15) is 0 Å². The van der Waals surface area contributed by atoms with Gasteiger partial charge >= 0.3 is 0 Å². The molecule has 1 unspecified atom stereocenters. The number of carbonyl (C=O) groups excluding carboxylic acids is 1. The first-order chi connectivity index (χ1) is 14.1. The van der Waals surface area contributed by atoms with Gasteiger partial charge < -0.3 is 0 Å². The second-order valence-corrected chi connectivity index (χ2v) is 7.68. The number of nitrogens with zero attached hydrogens (tertiary/aromatic N) is 1. The van der Waals surface area contributed by atoms with Crippen molar-refractivity contribution in [3.63, 3.8) is 0 Å². The number of allylic oxidation sites excluding steroid dienone is 3. The van der Waals surface area contributed by atoms with Gasteiger partial charge in [0, 0.05) is 15.9 Å². The Morgan fingerprint density at radius 1 is 1.14 bits per heavy atom. The molecule has 0 amide bonds. The van der Waals surface area contributed by atoms with E-state index in [2.05, 4.69) is 43.6 Å². The zero-order valence-corrected chi connectivity index (χ0v) is 20.5. The number of hydrogen-bond donors (Lipinski definition) is 0. The zero-order valence-electron chi connectivity index (χ0n) is 19.7. The Morgan fingerprint density at radius 3 is 2.41 bits per heavy atom. The molecule has 1 atom stereocenters. The van der Waals surface area contributed by atoms with Crippen LogP contribution in [0.3, 0.4) is 0 Å². The average molecular weight is 416 g/mol. The Balaban J connectivity index is 0.00000184. The van der Waals surface area contributed by atoms with Crippen molar-refractivity contribution in [3.8, 4) is 0 Å². The topological polar surface area (TPSA) is 29.4 Å². The summed E-state index contributed by atoms with van der Waals surface area (Å²) in [5.41, 5.74) is 3.30. The van der Waals surface area contributed by atoms with E-state index >= 15 is 0 Å². The van der Waals surface area contributed by atoms with E-state index in [1.807, 2.05) is 34.6 Å². The smallest absolute Gasteiger partial charge is 0.179 e. The van der Waals surface area contributed by atoms with Gasteiger partial charge in [0.1, 0.15) is 0 Å². The van der Waals surface area contributed by atoms with Crippen molar-refractivity contribution in [1.29, 1.82) is 0 Å². The minimum Gasteiger partial charge on any atom is -0.290 e. The third-order valence-electron chi connectivity index (χ3n) is 4.69. The molecule has 0 N–H and O–H groups in total. The van der Waals surface area contributed by atoms with Crippen molar-refractivity contribution in [2.75, 3.05) is 0 Å². The summed E-state index contributed by atoms with van der Waals surface area (Å²) < 4.78 is 0. The van der Waals surface area contributed by atoms with Crippen molar-refractivity contribution in [1.82, 2.24) is 0 Å². The summed E-state index contributed by atoms with van der Waals surface area (Å²) in [6, 6.07) is 6.63. The summed E-state index contributed by atoms with van der Waals surface area (Å²) >= 11 is 1.64. The molecule has 0 aromatic heterocycles. The summed E-state index contributed by atoms with van der Waals surface area (Å²) in [4.78, 5) is 18.4. The van der Waals surface area contributed by atoms with Crippen molar-refractivity contribution < 1.29 is 4.79 Å². The molecular weight excluding hydrogens is 374 g/mol. The van der Waals surface area contributed by atoms with E-state index in [0.717, 1.165) is 27.6 Å². The highest BCUT2D eigenvalue weighted by Crippen LogP contribution is 2.42. The Morgan fingerprint density at radius 2 is 1.83 bits per heavy atom. The lowest BCUT2D eigenvalue weighted by atomic mass is 9.90. The van der Waals surface area contributed by atoms with Gasteiger partial charge in [0.15, 0.2) is 5.78 Å². The van der Waals surface area contributed by atoms with Crippen molar-refractivity contribution in [3.05, 3.63) is 47.4 Å². The molecule has 0 aliphatic carbocycles. The van der Waals surface area contributed by atoms with Crippen LogP contribution < -0.4 is 0 Å². The van der Waals surface area contributed by atoms with Crippen LogP contribution >= 0.6 is 11.8 Å². The lowest BCUT2D eigenvalue weighted by Crippen LogP contribution is -2.03. The molecule has 2 rings (SSSR count). The van der Waals surface area contributed by atoms with Crippen molar-refractivity contribution in [2.45, 2.75) is 97.8 Å². The highest BCUT2D eigenvalue weighted by atomic mass is 32.2. The highest BCUT2D eigenvalue weighted by Gasteiger charge is 2.18. The van der Waals surface area contributed by atoms with Gasteiger partial charge in [-0.25, -0.2) is 0 Å². The van der Waals surface area contributed by atoms with E-state index in [0.29, 0.717) is 5.92 Å². The van der Waals surface area contributed by atoms with Gasteiger partial charge in [0.05, 0.1) is 11.4 Å². The van der Waals surface area contributed by atoms with Crippen molar-refractivity contribution in [2.24, 2.45) is 4.99 Å². The Hall–Kier alpha value is -1.61. The molecule has 0 spiro atoms. The average Bonchev–Trinajstić information content (AvgIpc) is 2.77. The largest absolute Gasteiger partial charge is 0.290 e. The molecule has 1 aromatic carbocycles. The highest BCUT2D eigenvalue weighted by molar-refractivity contribution is 8.04. The maximum Gasteiger partial charge on any atom is 0.179 e. The molecule has 0 bridgehead atoms. The minimum absolute atomic E-state index is 0.0704. The Bertz CT molecular complexity index is 688. The number of aliphatic imine (C=N–C) groups is 1. The van der Waals surface area contributed by atoms with Gasteiger partial charge in [-0.15, -0.1) is 0 Å². The fourth-order valence-corrected chi connectivity index (χ4v) is 4.15. The zero-order chi connectivity index (χ0) is 22.2. The molecule has 162 valence electrons. The number of fused-ring (bicyclic) bond motifs is 1. The quantitative estimate of drug-likeness (QED) is 0.297. The lowest BCUT2D eigenvalue weighted by molar-refractivity contribution is -0.110. The van der Waals surface area contributed by atoms with Crippen LogP contribution in [0.5, 0.6) is 0 Å². The molecule has 1 aromatic rings. The van der Waals surface area contributed by atoms with Gasteiger partial charge in [-0.1, -0.05) is 91.6 Å². The van der Waals surface area contributed by atoms with Crippen LogP contribution in [0.2, 0.25) is 0 Å². The molecule has 0 radical (unpaired) electrons. The normalized spacial score (nSPS) is 14.4. The summed E-state index contributed by atoms with van der Waals surface area (Å²) in [6.07, 6.45) is 10.6. The van der Waals surface area contributed by atoms with E-state index in [4.69, 9.17) is 0 Å². The van der Waals surface area contributed by atoms with Gasteiger partial charge in [-0.05, 0) is 49.5 Å². The molecule has 1 heterocycles. The minimum atomic E-state index is -0.0704. The summed E-state index contributed by atoms with van der Waals surface area (Å²) in [5, 5.41) is 0.